The third-order valence-electron chi connectivity index (χ3n) is 3.82. The van der Waals surface area contributed by atoms with Gasteiger partial charge < -0.3 is 5.32 Å². The molecule has 0 saturated carbocycles. The smallest absolute Gasteiger partial charge is 0.141 e. The molecule has 3 rings (SSSR count). The van der Waals surface area contributed by atoms with E-state index in [1.54, 1.807) is 0 Å². The lowest BCUT2D eigenvalue weighted by atomic mass is 9.88. The Kier molecular flexibility index (Phi) is 2.52. The molecule has 2 aliphatic rings. The van der Waals surface area contributed by atoms with Crippen LogP contribution in [0, 0.1) is 0 Å². The number of carbonyl (C=O) groups is 1. The van der Waals surface area contributed by atoms with Crippen LogP contribution in [0.2, 0.25) is 0 Å². The van der Waals surface area contributed by atoms with E-state index in [0.29, 0.717) is 24.5 Å². The van der Waals surface area contributed by atoms with Gasteiger partial charge in [-0.25, -0.2) is 0 Å². The van der Waals surface area contributed by atoms with Gasteiger partial charge in [-0.2, -0.15) is 0 Å². The predicted molar refractivity (Wildman–Crippen MR) is 63.7 cm³/mol. The minimum absolute atomic E-state index is 0.373. The minimum Gasteiger partial charge on any atom is -0.317 e. The monoisotopic (exact) mass is 215 g/mol. The molecule has 2 nitrogen and oxygen atoms in total. The molecule has 1 fully saturated rings. The summed E-state index contributed by atoms with van der Waals surface area (Å²) >= 11 is 0. The highest BCUT2D eigenvalue weighted by Gasteiger charge is 2.21. The van der Waals surface area contributed by atoms with Crippen LogP contribution in [0.5, 0.6) is 0 Å². The van der Waals surface area contributed by atoms with Crippen LogP contribution in [0.25, 0.3) is 0 Å². The number of hydrogen-bond donors (Lipinski definition) is 1. The summed E-state index contributed by atoms with van der Waals surface area (Å²) in [5.41, 5.74) is 3.97. The van der Waals surface area contributed by atoms with Gasteiger partial charge in [-0.15, -0.1) is 0 Å². The summed E-state index contributed by atoms with van der Waals surface area (Å²) in [6.45, 7) is 2.25. The average molecular weight is 215 g/mol. The highest BCUT2D eigenvalue weighted by Crippen LogP contribution is 2.29. The van der Waals surface area contributed by atoms with E-state index in [1.165, 1.54) is 29.5 Å². The Hall–Kier alpha value is -1.15. The number of benzene rings is 1. The topological polar surface area (TPSA) is 29.1 Å². The molecule has 0 radical (unpaired) electrons. The zero-order valence-electron chi connectivity index (χ0n) is 9.46. The fourth-order valence-electron chi connectivity index (χ4n) is 2.88. The molecule has 2 heteroatoms. The van der Waals surface area contributed by atoms with E-state index in [2.05, 4.69) is 23.5 Å². The van der Waals surface area contributed by atoms with E-state index >= 15 is 0 Å². The van der Waals surface area contributed by atoms with Gasteiger partial charge in [0.2, 0.25) is 0 Å². The number of Topliss-reactive ketones (excluding diaryl/α,β-unsaturated/α-hetero) is 1. The van der Waals surface area contributed by atoms with E-state index in [4.69, 9.17) is 0 Å². The van der Waals surface area contributed by atoms with Crippen LogP contribution in [0.3, 0.4) is 0 Å². The van der Waals surface area contributed by atoms with Gasteiger partial charge in [0.05, 0.1) is 0 Å². The standard InChI is InChI=1S/C14H17NO/c16-14-8-12-2-1-11(7-13(12)9-14)10-3-5-15-6-4-10/h1-2,7,10,15H,3-6,8-9H2. The molecule has 0 aromatic heterocycles. The second-order valence-corrected chi connectivity index (χ2v) is 4.94. The number of nitrogens with one attached hydrogen (secondary N) is 1. The lowest BCUT2D eigenvalue weighted by Gasteiger charge is -2.23. The zero-order chi connectivity index (χ0) is 11.0. The molecule has 1 N–H and O–H groups in total. The summed E-state index contributed by atoms with van der Waals surface area (Å²) in [6, 6.07) is 6.67. The Morgan fingerprint density at radius 3 is 2.62 bits per heavy atom. The maximum Gasteiger partial charge on any atom is 0.141 e. The van der Waals surface area contributed by atoms with Crippen molar-refractivity contribution in [3.63, 3.8) is 0 Å². The van der Waals surface area contributed by atoms with Crippen molar-refractivity contribution in [2.24, 2.45) is 0 Å². The molecular weight excluding hydrogens is 198 g/mol. The summed E-state index contributed by atoms with van der Waals surface area (Å²) in [7, 11) is 0. The number of fused-ring (bicyclic) bond motifs is 1. The fourth-order valence-corrected chi connectivity index (χ4v) is 2.88. The molecule has 0 atom stereocenters. The first-order valence-corrected chi connectivity index (χ1v) is 6.17. The van der Waals surface area contributed by atoms with E-state index < -0.39 is 0 Å². The Bertz CT molecular complexity index is 419. The highest BCUT2D eigenvalue weighted by atomic mass is 16.1. The molecule has 16 heavy (non-hydrogen) atoms. The third kappa shape index (κ3) is 1.78. The second-order valence-electron chi connectivity index (χ2n) is 4.94. The number of ketones is 1. The lowest BCUT2D eigenvalue weighted by Crippen LogP contribution is -2.26. The van der Waals surface area contributed by atoms with Gasteiger partial charge in [-0.1, -0.05) is 18.2 Å². The SMILES string of the molecule is O=C1Cc2ccc(C3CCNCC3)cc2C1. The van der Waals surface area contributed by atoms with Gasteiger partial charge in [0.25, 0.3) is 0 Å². The van der Waals surface area contributed by atoms with Crippen molar-refractivity contribution in [3.8, 4) is 0 Å². The van der Waals surface area contributed by atoms with Crippen LogP contribution in [0.1, 0.15) is 35.4 Å². The molecule has 0 unspecified atom stereocenters. The Balaban J connectivity index is 1.86. The molecule has 1 aromatic carbocycles. The molecule has 0 spiro atoms. The van der Waals surface area contributed by atoms with E-state index in [-0.39, 0.29) is 0 Å². The van der Waals surface area contributed by atoms with Crippen LogP contribution in [-0.2, 0) is 17.6 Å². The molecule has 1 aliphatic heterocycles. The summed E-state index contributed by atoms with van der Waals surface area (Å²) in [5.74, 6) is 1.07. The van der Waals surface area contributed by atoms with Crippen molar-refractivity contribution in [1.82, 2.24) is 5.32 Å². The molecule has 0 amide bonds. The van der Waals surface area contributed by atoms with E-state index in [1.807, 2.05) is 0 Å². The Labute approximate surface area is 96.1 Å². The maximum atomic E-state index is 11.4. The van der Waals surface area contributed by atoms with Crippen molar-refractivity contribution in [3.05, 3.63) is 34.9 Å². The fraction of sp³-hybridized carbons (Fsp3) is 0.500. The first kappa shape index (κ1) is 10.0. The van der Waals surface area contributed by atoms with Crippen LogP contribution in [0.15, 0.2) is 18.2 Å². The molecule has 0 bridgehead atoms. The molecule has 84 valence electrons. The zero-order valence-corrected chi connectivity index (χ0v) is 9.46. The Morgan fingerprint density at radius 2 is 1.81 bits per heavy atom. The summed E-state index contributed by atoms with van der Waals surface area (Å²) in [6.07, 6.45) is 3.77. The van der Waals surface area contributed by atoms with Crippen LogP contribution < -0.4 is 5.32 Å². The van der Waals surface area contributed by atoms with Gasteiger partial charge in [0.15, 0.2) is 0 Å². The first-order valence-electron chi connectivity index (χ1n) is 6.17. The first-order chi connectivity index (χ1) is 7.83. The molecule has 1 saturated heterocycles. The molecule has 1 aliphatic carbocycles. The van der Waals surface area contributed by atoms with Crippen molar-refractivity contribution >= 4 is 5.78 Å². The van der Waals surface area contributed by atoms with E-state index in [0.717, 1.165) is 13.1 Å². The summed E-state index contributed by atoms with van der Waals surface area (Å²) < 4.78 is 0. The van der Waals surface area contributed by atoms with Gasteiger partial charge in [-0.05, 0) is 48.5 Å². The third-order valence-corrected chi connectivity index (χ3v) is 3.82. The number of carbonyl (C=O) groups excluding carboxylic acids is 1. The van der Waals surface area contributed by atoms with Gasteiger partial charge in [-0.3, -0.25) is 4.79 Å². The lowest BCUT2D eigenvalue weighted by molar-refractivity contribution is -0.117. The summed E-state index contributed by atoms with van der Waals surface area (Å²) in [4.78, 5) is 11.4. The van der Waals surface area contributed by atoms with Crippen molar-refractivity contribution in [1.29, 1.82) is 0 Å². The number of rotatable bonds is 1. The second kappa shape index (κ2) is 4.02. The predicted octanol–water partition coefficient (Wildman–Crippen LogP) is 1.82. The van der Waals surface area contributed by atoms with Crippen LogP contribution >= 0.6 is 0 Å². The van der Waals surface area contributed by atoms with E-state index in [9.17, 15) is 4.79 Å². The van der Waals surface area contributed by atoms with Crippen molar-refractivity contribution < 1.29 is 4.79 Å². The highest BCUT2D eigenvalue weighted by molar-refractivity contribution is 5.87. The average Bonchev–Trinajstić information content (AvgIpc) is 2.69. The van der Waals surface area contributed by atoms with Crippen molar-refractivity contribution in [2.75, 3.05) is 13.1 Å². The molecule has 1 heterocycles. The van der Waals surface area contributed by atoms with Crippen molar-refractivity contribution in [2.45, 2.75) is 31.6 Å². The molecular formula is C14H17NO. The maximum absolute atomic E-state index is 11.4. The van der Waals surface area contributed by atoms with Gasteiger partial charge in [0.1, 0.15) is 5.78 Å². The van der Waals surface area contributed by atoms with Crippen LogP contribution in [-0.4, -0.2) is 18.9 Å². The quantitative estimate of drug-likeness (QED) is 0.774. The minimum atomic E-state index is 0.373. The Morgan fingerprint density at radius 1 is 1.06 bits per heavy atom. The largest absolute Gasteiger partial charge is 0.317 e. The summed E-state index contributed by atoms with van der Waals surface area (Å²) in [5, 5.41) is 3.39. The molecule has 1 aromatic rings. The number of hydrogen-bond acceptors (Lipinski definition) is 2. The van der Waals surface area contributed by atoms with Gasteiger partial charge in [0, 0.05) is 12.8 Å². The number of piperidine rings is 1. The van der Waals surface area contributed by atoms with Gasteiger partial charge >= 0.3 is 0 Å². The normalized spacial score (nSPS) is 21.1. The van der Waals surface area contributed by atoms with Crippen LogP contribution in [0.4, 0.5) is 0 Å².